The van der Waals surface area contributed by atoms with Crippen LogP contribution >= 0.6 is 0 Å². The van der Waals surface area contributed by atoms with Crippen LogP contribution in [0.5, 0.6) is 0 Å². The lowest BCUT2D eigenvalue weighted by molar-refractivity contribution is -0.123. The molecule has 4 heteroatoms. The molecule has 1 N–H and O–H groups in total. The van der Waals surface area contributed by atoms with Crippen LogP contribution in [0.1, 0.15) is 38.2 Å². The van der Waals surface area contributed by atoms with Gasteiger partial charge in [0.25, 0.3) is 0 Å². The molecule has 0 unspecified atom stereocenters. The Balaban J connectivity index is 1.67. The summed E-state index contributed by atoms with van der Waals surface area (Å²) in [5.74, 6) is 0.833. The number of ether oxygens (including phenoxy) is 1. The van der Waals surface area contributed by atoms with E-state index < -0.39 is 6.09 Å². The van der Waals surface area contributed by atoms with Gasteiger partial charge in [-0.15, -0.1) is 0 Å². The molecular formula is C17H23NO3. The van der Waals surface area contributed by atoms with Crippen molar-refractivity contribution in [3.05, 3.63) is 35.9 Å². The van der Waals surface area contributed by atoms with Crippen LogP contribution in [0.3, 0.4) is 0 Å². The minimum atomic E-state index is -0.531. The smallest absolute Gasteiger partial charge is 0.407 e. The van der Waals surface area contributed by atoms with Crippen molar-refractivity contribution in [1.29, 1.82) is 0 Å². The van der Waals surface area contributed by atoms with Crippen LogP contribution in [0.15, 0.2) is 30.3 Å². The summed E-state index contributed by atoms with van der Waals surface area (Å²) in [6, 6.07) is 9.48. The maximum absolute atomic E-state index is 12.1. The van der Waals surface area contributed by atoms with E-state index in [4.69, 9.17) is 4.74 Å². The van der Waals surface area contributed by atoms with E-state index in [2.05, 4.69) is 12.2 Å². The number of Topliss-reactive ketones (excluding diaryl/α,β-unsaturated/α-hetero) is 1. The number of alkyl carbamates (subject to hydrolysis) is 1. The molecule has 0 spiro atoms. The van der Waals surface area contributed by atoms with Crippen molar-refractivity contribution < 1.29 is 14.3 Å². The molecule has 0 aliphatic heterocycles. The summed E-state index contributed by atoms with van der Waals surface area (Å²) in [6.45, 7) is 2.48. The van der Waals surface area contributed by atoms with Crippen LogP contribution in [0.4, 0.5) is 4.79 Å². The molecule has 4 nitrogen and oxygen atoms in total. The van der Waals surface area contributed by atoms with E-state index in [-0.39, 0.29) is 24.9 Å². The Labute approximate surface area is 125 Å². The van der Waals surface area contributed by atoms with E-state index in [1.54, 1.807) is 0 Å². The summed E-state index contributed by atoms with van der Waals surface area (Å²) in [7, 11) is 0. The third-order valence-electron chi connectivity index (χ3n) is 4.01. The molecule has 114 valence electrons. The normalized spacial score (nSPS) is 21.6. The molecule has 1 saturated carbocycles. The summed E-state index contributed by atoms with van der Waals surface area (Å²) in [6.07, 6.45) is 3.67. The summed E-state index contributed by atoms with van der Waals surface area (Å²) in [4.78, 5) is 23.6. The van der Waals surface area contributed by atoms with Crippen LogP contribution in [0, 0.1) is 11.8 Å². The first-order valence-corrected chi connectivity index (χ1v) is 7.62. The van der Waals surface area contributed by atoms with Crippen LogP contribution in [-0.4, -0.2) is 18.4 Å². The minimum Gasteiger partial charge on any atom is -0.445 e. The second kappa shape index (κ2) is 7.81. The molecule has 1 aromatic rings. The number of hydrogen-bond donors (Lipinski definition) is 1. The number of carbonyl (C=O) groups excluding carboxylic acids is 2. The van der Waals surface area contributed by atoms with Crippen molar-refractivity contribution in [1.82, 2.24) is 5.32 Å². The average Bonchev–Trinajstić information content (AvgIpc) is 2.51. The van der Waals surface area contributed by atoms with Crippen molar-refractivity contribution in [3.8, 4) is 0 Å². The van der Waals surface area contributed by atoms with Gasteiger partial charge >= 0.3 is 6.09 Å². The van der Waals surface area contributed by atoms with Crippen LogP contribution < -0.4 is 5.32 Å². The van der Waals surface area contributed by atoms with Crippen molar-refractivity contribution in [2.75, 3.05) is 6.54 Å². The van der Waals surface area contributed by atoms with Gasteiger partial charge in [-0.1, -0.05) is 50.1 Å². The second-order valence-corrected chi connectivity index (χ2v) is 5.85. The van der Waals surface area contributed by atoms with Gasteiger partial charge in [0, 0.05) is 5.92 Å². The Morgan fingerprint density at radius 1 is 1.24 bits per heavy atom. The Hall–Kier alpha value is -1.84. The second-order valence-electron chi connectivity index (χ2n) is 5.85. The van der Waals surface area contributed by atoms with Gasteiger partial charge in [-0.3, -0.25) is 4.79 Å². The van der Waals surface area contributed by atoms with Crippen LogP contribution in [-0.2, 0) is 16.1 Å². The predicted molar refractivity (Wildman–Crippen MR) is 80.8 cm³/mol. The van der Waals surface area contributed by atoms with Gasteiger partial charge in [-0.25, -0.2) is 4.79 Å². The van der Waals surface area contributed by atoms with E-state index in [0.717, 1.165) is 24.8 Å². The molecule has 0 aromatic heterocycles. The minimum absolute atomic E-state index is 0.0744. The van der Waals surface area contributed by atoms with E-state index in [1.165, 1.54) is 6.42 Å². The van der Waals surface area contributed by atoms with E-state index in [1.807, 2.05) is 30.3 Å². The number of amides is 1. The number of hydrogen-bond acceptors (Lipinski definition) is 3. The fraction of sp³-hybridized carbons (Fsp3) is 0.529. The fourth-order valence-electron chi connectivity index (χ4n) is 2.80. The molecule has 0 saturated heterocycles. The van der Waals surface area contributed by atoms with Crippen molar-refractivity contribution in [2.24, 2.45) is 11.8 Å². The zero-order valence-corrected chi connectivity index (χ0v) is 12.5. The molecule has 1 amide bonds. The van der Waals surface area contributed by atoms with Gasteiger partial charge in [0.05, 0.1) is 6.54 Å². The maximum Gasteiger partial charge on any atom is 0.407 e. The maximum atomic E-state index is 12.1. The standard InChI is InChI=1S/C17H23NO3/c1-13-6-5-9-15(10-13)16(19)11-18-17(20)21-12-14-7-3-2-4-8-14/h2-4,7-8,13,15H,5-6,9-12H2,1H3,(H,18,20)/t13-,15+/m1/s1. The van der Waals surface area contributed by atoms with Gasteiger partial charge in [0.2, 0.25) is 0 Å². The van der Waals surface area contributed by atoms with Gasteiger partial charge < -0.3 is 10.1 Å². The molecule has 2 atom stereocenters. The lowest BCUT2D eigenvalue weighted by Gasteiger charge is -2.25. The van der Waals surface area contributed by atoms with Crippen molar-refractivity contribution in [3.63, 3.8) is 0 Å². The van der Waals surface area contributed by atoms with Gasteiger partial charge in [0.15, 0.2) is 5.78 Å². The number of carbonyl (C=O) groups is 2. The van der Waals surface area contributed by atoms with E-state index in [0.29, 0.717) is 5.92 Å². The highest BCUT2D eigenvalue weighted by atomic mass is 16.5. The zero-order valence-electron chi connectivity index (χ0n) is 12.5. The topological polar surface area (TPSA) is 55.4 Å². The molecule has 1 aromatic carbocycles. The van der Waals surface area contributed by atoms with Crippen LogP contribution in [0.2, 0.25) is 0 Å². The number of ketones is 1. The molecule has 1 aliphatic rings. The van der Waals surface area contributed by atoms with E-state index in [9.17, 15) is 9.59 Å². The van der Waals surface area contributed by atoms with Crippen molar-refractivity contribution in [2.45, 2.75) is 39.2 Å². The fourth-order valence-corrected chi connectivity index (χ4v) is 2.80. The van der Waals surface area contributed by atoms with E-state index >= 15 is 0 Å². The third kappa shape index (κ3) is 5.21. The first-order chi connectivity index (χ1) is 10.1. The Kier molecular flexibility index (Phi) is 5.78. The molecule has 0 bridgehead atoms. The Bertz CT molecular complexity index is 472. The molecule has 1 fully saturated rings. The summed E-state index contributed by atoms with van der Waals surface area (Å²) < 4.78 is 5.08. The summed E-state index contributed by atoms with van der Waals surface area (Å²) in [5.41, 5.74) is 0.931. The van der Waals surface area contributed by atoms with Gasteiger partial charge in [-0.05, 0) is 24.3 Å². The van der Waals surface area contributed by atoms with Crippen molar-refractivity contribution >= 4 is 11.9 Å². The predicted octanol–water partition coefficient (Wildman–Crippen LogP) is 3.31. The average molecular weight is 289 g/mol. The largest absolute Gasteiger partial charge is 0.445 e. The highest BCUT2D eigenvalue weighted by molar-refractivity contribution is 5.85. The number of rotatable bonds is 5. The summed E-state index contributed by atoms with van der Waals surface area (Å²) in [5, 5.41) is 2.55. The molecule has 21 heavy (non-hydrogen) atoms. The molecular weight excluding hydrogens is 266 g/mol. The van der Waals surface area contributed by atoms with Gasteiger partial charge in [-0.2, -0.15) is 0 Å². The highest BCUT2D eigenvalue weighted by Gasteiger charge is 2.24. The molecule has 0 heterocycles. The zero-order chi connectivity index (χ0) is 15.1. The monoisotopic (exact) mass is 289 g/mol. The molecule has 0 radical (unpaired) electrons. The number of nitrogens with one attached hydrogen (secondary N) is 1. The van der Waals surface area contributed by atoms with Crippen LogP contribution in [0.25, 0.3) is 0 Å². The molecule has 2 rings (SSSR count). The summed E-state index contributed by atoms with van der Waals surface area (Å²) >= 11 is 0. The quantitative estimate of drug-likeness (QED) is 0.904. The molecule has 1 aliphatic carbocycles. The highest BCUT2D eigenvalue weighted by Crippen LogP contribution is 2.28. The lowest BCUT2D eigenvalue weighted by atomic mass is 9.80. The van der Waals surface area contributed by atoms with Gasteiger partial charge in [0.1, 0.15) is 6.61 Å². The Morgan fingerprint density at radius 2 is 2.00 bits per heavy atom. The third-order valence-corrected chi connectivity index (χ3v) is 4.01. The SMILES string of the molecule is C[C@@H]1CCC[C@H](C(=O)CNC(=O)OCc2ccccc2)C1. The lowest BCUT2D eigenvalue weighted by Crippen LogP contribution is -2.34. The first kappa shape index (κ1) is 15.5. The Morgan fingerprint density at radius 3 is 2.71 bits per heavy atom. The first-order valence-electron chi connectivity index (χ1n) is 7.62. The number of benzene rings is 1.